The van der Waals surface area contributed by atoms with E-state index in [4.69, 9.17) is 0 Å². The molecule has 0 radical (unpaired) electrons. The normalized spacial score (nSPS) is 15.0. The van der Waals surface area contributed by atoms with Gasteiger partial charge in [-0.1, -0.05) is 6.07 Å². The van der Waals surface area contributed by atoms with Crippen LogP contribution in [0.1, 0.15) is 36.6 Å². The lowest BCUT2D eigenvalue weighted by atomic mass is 10.1. The molecule has 1 saturated heterocycles. The zero-order chi connectivity index (χ0) is 21.6. The smallest absolute Gasteiger partial charge is 0.357 e. The highest BCUT2D eigenvalue weighted by Crippen LogP contribution is 2.32. The van der Waals surface area contributed by atoms with E-state index in [-0.39, 0.29) is 12.1 Å². The number of benzene rings is 1. The van der Waals surface area contributed by atoms with E-state index < -0.39 is 17.6 Å². The fourth-order valence-electron chi connectivity index (χ4n) is 3.23. The molecule has 0 unspecified atom stereocenters. The van der Waals surface area contributed by atoms with Crippen LogP contribution in [0.5, 0.6) is 0 Å². The lowest BCUT2D eigenvalue weighted by molar-refractivity contribution is -0.138. The summed E-state index contributed by atoms with van der Waals surface area (Å²) >= 11 is 1.63. The first-order valence-corrected chi connectivity index (χ1v) is 10.8. The Kier molecular flexibility index (Phi) is 7.52. The van der Waals surface area contributed by atoms with Gasteiger partial charge >= 0.3 is 6.18 Å². The minimum atomic E-state index is -4.63. The molecule has 10 heteroatoms. The third-order valence-electron chi connectivity index (χ3n) is 4.72. The molecule has 2 heterocycles. The molecule has 1 aromatic heterocycles. The Balaban J connectivity index is 1.59. The topological polar surface area (TPSA) is 52.6 Å². The van der Waals surface area contributed by atoms with Gasteiger partial charge < -0.3 is 15.5 Å². The number of hydrogen-bond donors (Lipinski definition) is 2. The van der Waals surface area contributed by atoms with Gasteiger partial charge in [-0.3, -0.25) is 0 Å². The molecule has 30 heavy (non-hydrogen) atoms. The molecule has 3 rings (SSSR count). The second-order valence-electron chi connectivity index (χ2n) is 6.99. The number of nitrogens with one attached hydrogen (secondary N) is 2. The van der Waals surface area contributed by atoms with E-state index in [1.807, 2.05) is 12.3 Å². The lowest BCUT2D eigenvalue weighted by Gasteiger charge is -2.14. The largest absolute Gasteiger partial charge is 0.416 e. The molecule has 164 valence electrons. The third kappa shape index (κ3) is 6.07. The van der Waals surface area contributed by atoms with Gasteiger partial charge in [0.2, 0.25) is 0 Å². The Bertz CT molecular complexity index is 859. The van der Waals surface area contributed by atoms with Crippen LogP contribution < -0.4 is 15.5 Å². The monoisotopic (exact) mass is 443 g/mol. The van der Waals surface area contributed by atoms with Crippen LogP contribution in [0.4, 0.5) is 22.7 Å². The van der Waals surface area contributed by atoms with Gasteiger partial charge in [0.15, 0.2) is 11.1 Å². The highest BCUT2D eigenvalue weighted by atomic mass is 32.1. The van der Waals surface area contributed by atoms with E-state index in [0.29, 0.717) is 31.5 Å². The van der Waals surface area contributed by atoms with Crippen LogP contribution >= 0.6 is 11.3 Å². The van der Waals surface area contributed by atoms with Crippen LogP contribution in [0.15, 0.2) is 28.6 Å². The zero-order valence-electron chi connectivity index (χ0n) is 16.7. The van der Waals surface area contributed by atoms with E-state index in [2.05, 4.69) is 25.5 Å². The van der Waals surface area contributed by atoms with E-state index in [1.54, 1.807) is 11.3 Å². The molecular weight excluding hydrogens is 418 g/mol. The van der Waals surface area contributed by atoms with Gasteiger partial charge in [0.05, 0.1) is 17.8 Å². The summed E-state index contributed by atoms with van der Waals surface area (Å²) in [6.07, 6.45) is -1.55. The van der Waals surface area contributed by atoms with Crippen molar-refractivity contribution in [3.63, 3.8) is 0 Å². The van der Waals surface area contributed by atoms with Gasteiger partial charge in [0.25, 0.3) is 0 Å². The number of aliphatic imine (C=N–C) groups is 1. The maximum atomic E-state index is 13.3. The summed E-state index contributed by atoms with van der Waals surface area (Å²) < 4.78 is 52.7. The Labute approximate surface area is 177 Å². The number of aromatic nitrogens is 1. The Morgan fingerprint density at radius 2 is 2.00 bits per heavy atom. The molecule has 0 bridgehead atoms. The minimum Gasteiger partial charge on any atom is -0.357 e. The van der Waals surface area contributed by atoms with Crippen molar-refractivity contribution in [3.8, 4) is 0 Å². The van der Waals surface area contributed by atoms with E-state index >= 15 is 0 Å². The molecular formula is C20H25F4N5S. The summed E-state index contributed by atoms with van der Waals surface area (Å²) in [6.45, 7) is 4.87. The highest BCUT2D eigenvalue weighted by Gasteiger charge is 2.33. The average Bonchev–Trinajstić information content (AvgIpc) is 3.38. The van der Waals surface area contributed by atoms with Crippen molar-refractivity contribution >= 4 is 22.4 Å². The molecule has 0 amide bonds. The first-order chi connectivity index (χ1) is 14.4. The number of anilines is 1. The first-order valence-electron chi connectivity index (χ1n) is 9.94. The molecule has 1 aliphatic rings. The highest BCUT2D eigenvalue weighted by molar-refractivity contribution is 7.13. The molecule has 1 aliphatic heterocycles. The fourth-order valence-corrected chi connectivity index (χ4v) is 4.14. The van der Waals surface area contributed by atoms with E-state index in [1.165, 1.54) is 12.8 Å². The van der Waals surface area contributed by atoms with Crippen LogP contribution in [0, 0.1) is 5.82 Å². The van der Waals surface area contributed by atoms with Crippen molar-refractivity contribution in [1.29, 1.82) is 0 Å². The standard InChI is InChI=1S/C20H25F4N5S/c1-2-25-18(27-12-14-5-6-15(21)11-17(14)20(22,23)24)26-8-7-16-13-30-19(28-16)29-9-3-4-10-29/h5-6,11,13H,2-4,7-10,12H2,1H3,(H2,25,26,27). The number of alkyl halides is 3. The predicted octanol–water partition coefficient (Wildman–Crippen LogP) is 4.20. The Morgan fingerprint density at radius 3 is 2.70 bits per heavy atom. The summed E-state index contributed by atoms with van der Waals surface area (Å²) in [5, 5.41) is 9.21. The summed E-state index contributed by atoms with van der Waals surface area (Å²) in [4.78, 5) is 11.2. The van der Waals surface area contributed by atoms with Crippen LogP contribution in [0.3, 0.4) is 0 Å². The van der Waals surface area contributed by atoms with Crippen molar-refractivity contribution in [2.75, 3.05) is 31.1 Å². The maximum absolute atomic E-state index is 13.3. The van der Waals surface area contributed by atoms with Gasteiger partial charge in [0.1, 0.15) is 5.82 Å². The summed E-state index contributed by atoms with van der Waals surface area (Å²) in [5.74, 6) is -0.512. The number of guanidine groups is 1. The summed E-state index contributed by atoms with van der Waals surface area (Å²) in [6, 6.07) is 2.65. The van der Waals surface area contributed by atoms with Gasteiger partial charge in [0, 0.05) is 38.0 Å². The number of halogens is 4. The molecule has 0 spiro atoms. The molecule has 2 aromatic rings. The predicted molar refractivity (Wildman–Crippen MR) is 111 cm³/mol. The molecule has 0 aliphatic carbocycles. The zero-order valence-corrected chi connectivity index (χ0v) is 17.5. The third-order valence-corrected chi connectivity index (χ3v) is 5.67. The van der Waals surface area contributed by atoms with Gasteiger partial charge in [-0.2, -0.15) is 13.2 Å². The van der Waals surface area contributed by atoms with Crippen molar-refractivity contribution < 1.29 is 17.6 Å². The number of thiazole rings is 1. The molecule has 0 saturated carbocycles. The molecule has 2 N–H and O–H groups in total. The lowest BCUT2D eigenvalue weighted by Crippen LogP contribution is -2.38. The number of hydrogen-bond acceptors (Lipinski definition) is 4. The van der Waals surface area contributed by atoms with E-state index in [9.17, 15) is 17.6 Å². The van der Waals surface area contributed by atoms with Crippen molar-refractivity contribution in [2.45, 2.75) is 38.9 Å². The van der Waals surface area contributed by atoms with Crippen LogP contribution in [-0.2, 0) is 19.1 Å². The van der Waals surface area contributed by atoms with Crippen LogP contribution in [0.25, 0.3) is 0 Å². The SMILES string of the molecule is CCNC(=NCc1ccc(F)cc1C(F)(F)F)NCCc1csc(N2CCCC2)n1. The van der Waals surface area contributed by atoms with Gasteiger partial charge in [-0.25, -0.2) is 14.4 Å². The molecule has 1 fully saturated rings. The van der Waals surface area contributed by atoms with Gasteiger partial charge in [-0.15, -0.1) is 11.3 Å². The quantitative estimate of drug-likeness (QED) is 0.383. The second kappa shape index (κ2) is 10.1. The fraction of sp³-hybridized carbons (Fsp3) is 0.500. The second-order valence-corrected chi connectivity index (χ2v) is 7.82. The van der Waals surface area contributed by atoms with Crippen molar-refractivity contribution in [1.82, 2.24) is 15.6 Å². The summed E-state index contributed by atoms with van der Waals surface area (Å²) in [7, 11) is 0. The maximum Gasteiger partial charge on any atom is 0.416 e. The Hall–Kier alpha value is -2.36. The molecule has 0 atom stereocenters. The molecule has 5 nitrogen and oxygen atoms in total. The van der Waals surface area contributed by atoms with Crippen LogP contribution in [-0.4, -0.2) is 37.1 Å². The van der Waals surface area contributed by atoms with Crippen LogP contribution in [0.2, 0.25) is 0 Å². The van der Waals surface area contributed by atoms with E-state index in [0.717, 1.165) is 36.0 Å². The number of nitrogens with zero attached hydrogens (tertiary/aromatic N) is 3. The number of rotatable bonds is 7. The molecule has 1 aromatic carbocycles. The summed E-state index contributed by atoms with van der Waals surface area (Å²) in [5.41, 5.74) is -0.0991. The minimum absolute atomic E-state index is 0.0733. The van der Waals surface area contributed by atoms with Crippen molar-refractivity contribution in [2.24, 2.45) is 4.99 Å². The first kappa shape index (κ1) is 22.3. The van der Waals surface area contributed by atoms with Gasteiger partial charge in [-0.05, 0) is 37.5 Å². The van der Waals surface area contributed by atoms with Crippen molar-refractivity contribution in [3.05, 3.63) is 46.2 Å². The Morgan fingerprint density at radius 1 is 1.23 bits per heavy atom. The average molecular weight is 444 g/mol.